The molecule has 1 aliphatic rings. The van der Waals surface area contributed by atoms with Crippen LogP contribution in [0.4, 0.5) is 0 Å². The minimum atomic E-state index is 0.000787. The molecule has 1 atom stereocenters. The van der Waals surface area contributed by atoms with E-state index in [9.17, 15) is 4.79 Å². The number of likely N-dealkylation sites (tertiary alicyclic amines) is 1. The molecular weight excluding hydrogens is 194 g/mol. The van der Waals surface area contributed by atoms with Crippen molar-refractivity contribution in [3.8, 4) is 12.3 Å². The zero-order chi connectivity index (χ0) is 7.56. The Morgan fingerprint density at radius 2 is 2.60 bits per heavy atom. The van der Waals surface area contributed by atoms with E-state index in [0.29, 0.717) is 6.54 Å². The van der Waals surface area contributed by atoms with Crippen LogP contribution in [-0.2, 0) is 4.79 Å². The van der Waals surface area contributed by atoms with Crippen LogP contribution in [-0.4, -0.2) is 28.7 Å². The van der Waals surface area contributed by atoms with Gasteiger partial charge < -0.3 is 4.90 Å². The first-order chi connectivity index (χ1) is 4.75. The number of carbonyl (C=O) groups is 1. The fourth-order valence-corrected chi connectivity index (χ4v) is 1.46. The summed E-state index contributed by atoms with van der Waals surface area (Å²) in [7, 11) is 0. The summed E-state index contributed by atoms with van der Waals surface area (Å²) in [5, 5.41) is 0. The van der Waals surface area contributed by atoms with Crippen molar-refractivity contribution in [3.05, 3.63) is 0 Å². The van der Waals surface area contributed by atoms with Gasteiger partial charge in [0.25, 0.3) is 0 Å². The predicted molar refractivity (Wildman–Crippen MR) is 42.7 cm³/mol. The van der Waals surface area contributed by atoms with Gasteiger partial charge in [-0.1, -0.05) is 21.9 Å². The molecule has 1 rings (SSSR count). The number of alkyl halides is 1. The highest BCUT2D eigenvalue weighted by Crippen LogP contribution is 2.17. The number of rotatable bonds is 1. The highest BCUT2D eigenvalue weighted by Gasteiger charge is 2.28. The van der Waals surface area contributed by atoms with E-state index in [1.54, 1.807) is 4.90 Å². The van der Waals surface area contributed by atoms with Gasteiger partial charge in [0.15, 0.2) is 0 Å². The second-order valence-electron chi connectivity index (χ2n) is 2.22. The lowest BCUT2D eigenvalue weighted by Crippen LogP contribution is -2.27. The molecule has 3 heteroatoms. The molecule has 0 radical (unpaired) electrons. The van der Waals surface area contributed by atoms with Crippen LogP contribution in [0.2, 0.25) is 0 Å². The van der Waals surface area contributed by atoms with Gasteiger partial charge in [0, 0.05) is 6.54 Å². The van der Waals surface area contributed by atoms with E-state index in [4.69, 9.17) is 6.42 Å². The zero-order valence-corrected chi connectivity index (χ0v) is 7.10. The normalized spacial score (nSPS) is 25.0. The van der Waals surface area contributed by atoms with Gasteiger partial charge in [0.05, 0.1) is 11.4 Å². The first-order valence-corrected chi connectivity index (χ1v) is 4.03. The summed E-state index contributed by atoms with van der Waals surface area (Å²) in [6.07, 6.45) is 5.93. The standard InChI is InChI=1S/C7H8BrNO/c1-2-4-9-5-3-6(8)7(9)10/h1,6H,3-5H2/t6-/m0/s1. The SMILES string of the molecule is C#CCN1CC[C@H](Br)C1=O. The number of hydrogen-bond donors (Lipinski definition) is 0. The second kappa shape index (κ2) is 3.07. The average molecular weight is 202 g/mol. The van der Waals surface area contributed by atoms with Crippen molar-refractivity contribution in [3.63, 3.8) is 0 Å². The first kappa shape index (κ1) is 7.62. The molecule has 0 aromatic carbocycles. The topological polar surface area (TPSA) is 20.3 Å². The van der Waals surface area contributed by atoms with Crippen molar-refractivity contribution in [2.75, 3.05) is 13.1 Å². The van der Waals surface area contributed by atoms with Crippen molar-refractivity contribution in [1.29, 1.82) is 0 Å². The quantitative estimate of drug-likeness (QED) is 0.450. The molecule has 1 aliphatic heterocycles. The lowest BCUT2D eigenvalue weighted by atomic mass is 10.4. The van der Waals surface area contributed by atoms with Crippen LogP contribution >= 0.6 is 15.9 Å². The maximum atomic E-state index is 11.1. The third kappa shape index (κ3) is 1.32. The molecule has 0 saturated carbocycles. The van der Waals surface area contributed by atoms with E-state index in [0.717, 1.165) is 13.0 Å². The molecule has 0 spiro atoms. The molecule has 0 aliphatic carbocycles. The van der Waals surface area contributed by atoms with E-state index >= 15 is 0 Å². The fraction of sp³-hybridized carbons (Fsp3) is 0.571. The highest BCUT2D eigenvalue weighted by atomic mass is 79.9. The fourth-order valence-electron chi connectivity index (χ4n) is 0.968. The van der Waals surface area contributed by atoms with Gasteiger partial charge in [-0.2, -0.15) is 0 Å². The van der Waals surface area contributed by atoms with Gasteiger partial charge >= 0.3 is 0 Å². The molecule has 0 N–H and O–H groups in total. The van der Waals surface area contributed by atoms with Crippen LogP contribution in [0.3, 0.4) is 0 Å². The average Bonchev–Trinajstić information content (AvgIpc) is 2.20. The monoisotopic (exact) mass is 201 g/mol. The van der Waals surface area contributed by atoms with Crippen molar-refractivity contribution in [2.24, 2.45) is 0 Å². The molecule has 1 amide bonds. The largest absolute Gasteiger partial charge is 0.331 e. The predicted octanol–water partition coefficient (Wildman–Crippen LogP) is 0.615. The third-order valence-corrected chi connectivity index (χ3v) is 2.36. The molecule has 1 fully saturated rings. The maximum Gasteiger partial charge on any atom is 0.237 e. The molecule has 0 bridgehead atoms. The number of terminal acetylenes is 1. The Hall–Kier alpha value is -0.490. The number of amides is 1. The summed E-state index contributed by atoms with van der Waals surface area (Å²) in [5.41, 5.74) is 0. The van der Waals surface area contributed by atoms with Crippen molar-refractivity contribution in [1.82, 2.24) is 4.90 Å². The smallest absolute Gasteiger partial charge is 0.237 e. The summed E-state index contributed by atoms with van der Waals surface area (Å²) in [4.78, 5) is 12.8. The number of hydrogen-bond acceptors (Lipinski definition) is 1. The molecule has 1 saturated heterocycles. The van der Waals surface area contributed by atoms with Crippen molar-refractivity contribution >= 4 is 21.8 Å². The van der Waals surface area contributed by atoms with Crippen LogP contribution < -0.4 is 0 Å². The van der Waals surface area contributed by atoms with Crippen LogP contribution in [0.25, 0.3) is 0 Å². The Labute approximate surface area is 68.7 Å². The van der Waals surface area contributed by atoms with Gasteiger partial charge in [0.1, 0.15) is 0 Å². The first-order valence-electron chi connectivity index (χ1n) is 3.12. The minimum absolute atomic E-state index is 0.000787. The van der Waals surface area contributed by atoms with E-state index in [2.05, 4.69) is 21.9 Å². The molecule has 0 unspecified atom stereocenters. The summed E-state index contributed by atoms with van der Waals surface area (Å²) in [5.74, 6) is 2.57. The molecule has 2 nitrogen and oxygen atoms in total. The summed E-state index contributed by atoms with van der Waals surface area (Å²) in [6, 6.07) is 0. The van der Waals surface area contributed by atoms with Crippen molar-refractivity contribution < 1.29 is 4.79 Å². The van der Waals surface area contributed by atoms with E-state index in [1.807, 2.05) is 0 Å². The van der Waals surface area contributed by atoms with E-state index in [-0.39, 0.29) is 10.7 Å². The Balaban J connectivity index is 2.51. The lowest BCUT2D eigenvalue weighted by Gasteiger charge is -2.10. The number of nitrogens with zero attached hydrogens (tertiary/aromatic N) is 1. The Bertz CT molecular complexity index is 185. The molecule has 10 heavy (non-hydrogen) atoms. The molecule has 54 valence electrons. The Morgan fingerprint density at radius 1 is 1.90 bits per heavy atom. The van der Waals surface area contributed by atoms with E-state index in [1.165, 1.54) is 0 Å². The number of halogens is 1. The lowest BCUT2D eigenvalue weighted by molar-refractivity contribution is -0.126. The Kier molecular flexibility index (Phi) is 2.34. The molecular formula is C7H8BrNO. The Morgan fingerprint density at radius 3 is 3.00 bits per heavy atom. The van der Waals surface area contributed by atoms with Crippen LogP contribution in [0.15, 0.2) is 0 Å². The minimum Gasteiger partial charge on any atom is -0.331 e. The summed E-state index contributed by atoms with van der Waals surface area (Å²) in [6.45, 7) is 1.24. The zero-order valence-electron chi connectivity index (χ0n) is 5.51. The van der Waals surface area contributed by atoms with Gasteiger partial charge in [-0.15, -0.1) is 6.42 Å². The second-order valence-corrected chi connectivity index (χ2v) is 3.33. The summed E-state index contributed by atoms with van der Waals surface area (Å²) < 4.78 is 0. The highest BCUT2D eigenvalue weighted by molar-refractivity contribution is 9.10. The third-order valence-electron chi connectivity index (χ3n) is 1.51. The van der Waals surface area contributed by atoms with Gasteiger partial charge in [-0.05, 0) is 6.42 Å². The maximum absolute atomic E-state index is 11.1. The molecule has 1 heterocycles. The van der Waals surface area contributed by atoms with E-state index < -0.39 is 0 Å². The van der Waals surface area contributed by atoms with Crippen LogP contribution in [0, 0.1) is 12.3 Å². The molecule has 0 aromatic heterocycles. The number of carbonyl (C=O) groups excluding carboxylic acids is 1. The van der Waals surface area contributed by atoms with Crippen LogP contribution in [0.5, 0.6) is 0 Å². The van der Waals surface area contributed by atoms with Crippen LogP contribution in [0.1, 0.15) is 6.42 Å². The molecule has 0 aromatic rings. The van der Waals surface area contributed by atoms with Gasteiger partial charge in [-0.25, -0.2) is 0 Å². The van der Waals surface area contributed by atoms with Gasteiger partial charge in [0.2, 0.25) is 5.91 Å². The summed E-state index contributed by atoms with van der Waals surface area (Å²) >= 11 is 3.25. The van der Waals surface area contributed by atoms with Crippen molar-refractivity contribution in [2.45, 2.75) is 11.2 Å². The van der Waals surface area contributed by atoms with Gasteiger partial charge in [-0.3, -0.25) is 4.79 Å².